The lowest BCUT2D eigenvalue weighted by molar-refractivity contribution is 0.306. The lowest BCUT2D eigenvalue weighted by Crippen LogP contribution is -2.33. The molecular weight excluding hydrogens is 667 g/mol. The molecule has 1 N–H and O–H groups in total. The smallest absolute Gasteiger partial charge is 0.122 e. The maximum absolute atomic E-state index is 10.8. The summed E-state index contributed by atoms with van der Waals surface area (Å²) in [6.45, 7) is 25.7. The molecule has 5 rings (SSSR count). The normalized spacial score (nSPS) is 13.2. The van der Waals surface area contributed by atoms with E-state index >= 15 is 0 Å². The van der Waals surface area contributed by atoms with Crippen LogP contribution in [0.2, 0.25) is 0 Å². The Morgan fingerprint density at radius 1 is 0.545 bits per heavy atom. The van der Waals surface area contributed by atoms with Gasteiger partial charge in [-0.2, -0.15) is 0 Å². The molecule has 2 atom stereocenters. The quantitative estimate of drug-likeness (QED) is 0.116. The fourth-order valence-corrected chi connectivity index (χ4v) is 8.40. The molecule has 0 bridgehead atoms. The van der Waals surface area contributed by atoms with E-state index in [1.54, 1.807) is 0 Å². The van der Waals surface area contributed by atoms with Crippen LogP contribution >= 0.6 is 0 Å². The monoisotopic (exact) mass is 736 g/mol. The van der Waals surface area contributed by atoms with Crippen molar-refractivity contribution in [2.24, 2.45) is 17.3 Å². The largest absolute Gasteiger partial charge is 0.507 e. The highest BCUT2D eigenvalue weighted by atomic mass is 16.3. The summed E-state index contributed by atoms with van der Waals surface area (Å²) in [5, 5.41) is 10.8. The number of aromatic hydroxyl groups is 1. The van der Waals surface area contributed by atoms with Crippen LogP contribution in [0.5, 0.6) is 5.75 Å². The van der Waals surface area contributed by atoms with Gasteiger partial charge in [-0.1, -0.05) is 153 Å². The third-order valence-corrected chi connectivity index (χ3v) is 11.0. The molecule has 2 nitrogen and oxygen atoms in total. The molecule has 0 saturated carbocycles. The Balaban J connectivity index is 1.17. The molecule has 0 fully saturated rings. The van der Waals surface area contributed by atoms with E-state index in [4.69, 9.17) is 0 Å². The Hall–Kier alpha value is -4.30. The molecule has 0 aromatic heterocycles. The van der Waals surface area contributed by atoms with Crippen molar-refractivity contribution < 1.29 is 5.11 Å². The van der Waals surface area contributed by atoms with Crippen molar-refractivity contribution in [3.63, 3.8) is 0 Å². The zero-order valence-corrected chi connectivity index (χ0v) is 36.0. The zero-order chi connectivity index (χ0) is 39.9. The number of phenolic OH excluding ortho intramolecular Hbond substituents is 1. The molecule has 0 spiro atoms. The molecule has 5 aromatic carbocycles. The first-order valence-electron chi connectivity index (χ1n) is 20.8. The van der Waals surface area contributed by atoms with E-state index in [2.05, 4.69) is 183 Å². The van der Waals surface area contributed by atoms with Crippen molar-refractivity contribution >= 4 is 5.69 Å². The second-order valence-corrected chi connectivity index (χ2v) is 19.4. The molecule has 292 valence electrons. The summed E-state index contributed by atoms with van der Waals surface area (Å²) in [7, 11) is 0. The maximum atomic E-state index is 10.8. The Bertz CT molecular complexity index is 1940. The Kier molecular flexibility index (Phi) is 13.8. The highest BCUT2D eigenvalue weighted by molar-refractivity contribution is 5.52. The van der Waals surface area contributed by atoms with Gasteiger partial charge in [-0.25, -0.2) is 0 Å². The highest BCUT2D eigenvalue weighted by Gasteiger charge is 2.23. The molecule has 55 heavy (non-hydrogen) atoms. The lowest BCUT2D eigenvalue weighted by atomic mass is 9.83. The summed E-state index contributed by atoms with van der Waals surface area (Å²) in [5.74, 6) is 1.73. The van der Waals surface area contributed by atoms with Crippen molar-refractivity contribution in [1.82, 2.24) is 0 Å². The summed E-state index contributed by atoms with van der Waals surface area (Å²) < 4.78 is 0. The average Bonchev–Trinajstić information content (AvgIpc) is 3.10. The molecule has 0 aliphatic rings. The maximum Gasteiger partial charge on any atom is 0.122 e. The molecule has 0 amide bonds. The summed E-state index contributed by atoms with van der Waals surface area (Å²) >= 11 is 0. The predicted octanol–water partition coefficient (Wildman–Crippen LogP) is 13.8. The molecule has 0 saturated heterocycles. The van der Waals surface area contributed by atoms with Gasteiger partial charge in [0.1, 0.15) is 5.75 Å². The molecule has 0 heterocycles. The van der Waals surface area contributed by atoms with Gasteiger partial charge < -0.3 is 10.0 Å². The van der Waals surface area contributed by atoms with Crippen LogP contribution in [-0.2, 0) is 37.6 Å². The van der Waals surface area contributed by atoms with Crippen molar-refractivity contribution in [1.29, 1.82) is 0 Å². The van der Waals surface area contributed by atoms with Crippen molar-refractivity contribution in [3.8, 4) is 5.75 Å². The van der Waals surface area contributed by atoms with E-state index in [1.807, 2.05) is 6.92 Å². The van der Waals surface area contributed by atoms with Crippen molar-refractivity contribution in [2.45, 2.75) is 133 Å². The fourth-order valence-electron chi connectivity index (χ4n) is 8.40. The molecule has 2 unspecified atom stereocenters. The number of aryl methyl sites for hydroxylation is 1. The standard InChI is InChI=1S/C53H69NO/c1-37(2)28-40(5)54(36-48-30-39(4)51(55)50(34-48)53(9,10)11)49-26-24-47(25-27-49)33-46-22-20-45(21-23-46)32-44-18-16-43(17-19-44)31-42-14-12-41(13-15-42)29-38(3)35-52(6,7)8/h12-27,30,34,37-38,40,55H,28-29,31-33,35-36H2,1-11H3. The summed E-state index contributed by atoms with van der Waals surface area (Å²) in [6.07, 6.45) is 6.35. The molecule has 2 heteroatoms. The molecule has 0 radical (unpaired) electrons. The van der Waals surface area contributed by atoms with Gasteiger partial charge in [0, 0.05) is 18.3 Å². The van der Waals surface area contributed by atoms with Gasteiger partial charge in [0.15, 0.2) is 0 Å². The van der Waals surface area contributed by atoms with Crippen LogP contribution in [0.1, 0.15) is 138 Å². The third kappa shape index (κ3) is 12.6. The number of phenols is 1. The third-order valence-electron chi connectivity index (χ3n) is 11.0. The van der Waals surface area contributed by atoms with Crippen LogP contribution in [0.4, 0.5) is 5.69 Å². The van der Waals surface area contributed by atoms with E-state index in [1.165, 1.54) is 56.6 Å². The first-order chi connectivity index (χ1) is 25.9. The van der Waals surface area contributed by atoms with Crippen molar-refractivity contribution in [2.75, 3.05) is 4.90 Å². The fraction of sp³-hybridized carbons (Fsp3) is 0.434. The van der Waals surface area contributed by atoms with E-state index < -0.39 is 0 Å². The second-order valence-electron chi connectivity index (χ2n) is 19.4. The number of benzene rings is 5. The summed E-state index contributed by atoms with van der Waals surface area (Å²) in [5.41, 5.74) is 14.3. The Labute approximate surface area is 335 Å². The summed E-state index contributed by atoms with van der Waals surface area (Å²) in [4.78, 5) is 2.54. The minimum Gasteiger partial charge on any atom is -0.507 e. The SMILES string of the molecule is Cc1cc(CN(c2ccc(Cc3ccc(Cc4ccc(Cc5ccc(CC(C)CC(C)(C)C)cc5)cc4)cc3)cc2)C(C)CC(C)C)cc(C(C)(C)C)c1O. The minimum atomic E-state index is -0.121. The molecular formula is C53H69NO. The van der Waals surface area contributed by atoms with Crippen LogP contribution < -0.4 is 4.90 Å². The first kappa shape index (κ1) is 41.9. The average molecular weight is 736 g/mol. The zero-order valence-electron chi connectivity index (χ0n) is 36.0. The van der Waals surface area contributed by atoms with Crippen LogP contribution in [0.3, 0.4) is 0 Å². The van der Waals surface area contributed by atoms with Gasteiger partial charge in [0.2, 0.25) is 0 Å². The molecule has 0 aliphatic heterocycles. The molecule has 0 aliphatic carbocycles. The van der Waals surface area contributed by atoms with Gasteiger partial charge in [-0.05, 0) is 149 Å². The van der Waals surface area contributed by atoms with Crippen molar-refractivity contribution in [3.05, 3.63) is 165 Å². The number of rotatable bonds is 15. The van der Waals surface area contributed by atoms with Gasteiger partial charge in [0.25, 0.3) is 0 Å². The van der Waals surface area contributed by atoms with E-state index in [9.17, 15) is 5.11 Å². The Morgan fingerprint density at radius 3 is 1.33 bits per heavy atom. The number of hydrogen-bond donors (Lipinski definition) is 1. The van der Waals surface area contributed by atoms with Gasteiger partial charge >= 0.3 is 0 Å². The summed E-state index contributed by atoms with van der Waals surface area (Å²) in [6, 6.07) is 41.6. The van der Waals surface area contributed by atoms with Crippen LogP contribution in [0, 0.1) is 24.2 Å². The van der Waals surface area contributed by atoms with Crippen LogP contribution in [-0.4, -0.2) is 11.1 Å². The topological polar surface area (TPSA) is 23.5 Å². The lowest BCUT2D eigenvalue weighted by Gasteiger charge is -2.33. The number of hydrogen-bond acceptors (Lipinski definition) is 2. The van der Waals surface area contributed by atoms with E-state index in [0.717, 1.165) is 49.8 Å². The molecule has 5 aromatic rings. The van der Waals surface area contributed by atoms with Gasteiger partial charge in [-0.15, -0.1) is 0 Å². The predicted molar refractivity (Wildman–Crippen MR) is 238 cm³/mol. The second kappa shape index (κ2) is 18.1. The van der Waals surface area contributed by atoms with Gasteiger partial charge in [0.05, 0.1) is 0 Å². The van der Waals surface area contributed by atoms with Crippen LogP contribution in [0.25, 0.3) is 0 Å². The van der Waals surface area contributed by atoms with Crippen LogP contribution in [0.15, 0.2) is 109 Å². The van der Waals surface area contributed by atoms with Gasteiger partial charge in [-0.3, -0.25) is 0 Å². The number of anilines is 1. The first-order valence-corrected chi connectivity index (χ1v) is 20.8. The highest BCUT2D eigenvalue weighted by Crippen LogP contribution is 2.35. The van der Waals surface area contributed by atoms with E-state index in [0.29, 0.717) is 29.0 Å². The Morgan fingerprint density at radius 2 is 0.945 bits per heavy atom. The van der Waals surface area contributed by atoms with E-state index in [-0.39, 0.29) is 5.41 Å². The minimum absolute atomic E-state index is 0.121. The number of nitrogens with zero attached hydrogens (tertiary/aromatic N) is 1.